The second-order valence-corrected chi connectivity index (χ2v) is 9.19. The Labute approximate surface area is 187 Å². The normalized spacial score (nSPS) is 22.9. The Morgan fingerprint density at radius 1 is 1.44 bits per heavy atom. The summed E-state index contributed by atoms with van der Waals surface area (Å²) in [6.07, 6.45) is 0.101. The Balaban J connectivity index is 1.93. The van der Waals surface area contributed by atoms with Gasteiger partial charge >= 0.3 is 0 Å². The second-order valence-electron chi connectivity index (χ2n) is 9.19. The number of amides is 3. The first-order chi connectivity index (χ1) is 15.0. The first-order valence-corrected chi connectivity index (χ1v) is 10.7. The van der Waals surface area contributed by atoms with E-state index in [1.807, 2.05) is 18.2 Å². The molecule has 9 heteroatoms. The smallest absolute Gasteiger partial charge is 0.246 e. The highest BCUT2D eigenvalue weighted by atomic mass is 19.1. The first kappa shape index (κ1) is 23.7. The highest BCUT2D eigenvalue weighted by Gasteiger charge is 2.56. The summed E-state index contributed by atoms with van der Waals surface area (Å²) in [6.45, 7) is 3.14. The lowest BCUT2D eigenvalue weighted by Gasteiger charge is -2.34. The van der Waals surface area contributed by atoms with Gasteiger partial charge in [0.05, 0.1) is 11.5 Å². The molecule has 3 amide bonds. The van der Waals surface area contributed by atoms with Crippen LogP contribution in [0.15, 0.2) is 24.3 Å². The maximum Gasteiger partial charge on any atom is 0.246 e. The van der Waals surface area contributed by atoms with E-state index in [9.17, 15) is 24.0 Å². The molecular formula is C23H30FN5O3. The van der Waals surface area contributed by atoms with E-state index in [1.165, 1.54) is 30.7 Å². The van der Waals surface area contributed by atoms with E-state index in [4.69, 9.17) is 0 Å². The molecule has 2 aliphatic heterocycles. The molecule has 0 radical (unpaired) electrons. The number of carbonyl (C=O) groups is 3. The fraction of sp³-hybridized carbons (Fsp3) is 0.565. The number of nitriles is 1. The van der Waals surface area contributed by atoms with Crippen LogP contribution in [0.1, 0.15) is 38.7 Å². The molecule has 0 unspecified atom stereocenters. The zero-order valence-electron chi connectivity index (χ0n) is 18.9. The lowest BCUT2D eigenvalue weighted by Crippen LogP contribution is -2.53. The summed E-state index contributed by atoms with van der Waals surface area (Å²) in [4.78, 5) is 41.8. The quantitative estimate of drug-likeness (QED) is 0.666. The number of hydrogen-bond acceptors (Lipinski definition) is 5. The topological polar surface area (TPSA) is 106 Å². The number of rotatable bonds is 7. The van der Waals surface area contributed by atoms with E-state index in [2.05, 4.69) is 16.7 Å². The summed E-state index contributed by atoms with van der Waals surface area (Å²) in [5, 5.41) is 15.5. The van der Waals surface area contributed by atoms with Crippen molar-refractivity contribution in [1.82, 2.24) is 15.1 Å². The van der Waals surface area contributed by atoms with Crippen LogP contribution in [0.5, 0.6) is 0 Å². The van der Waals surface area contributed by atoms with Gasteiger partial charge in [-0.1, -0.05) is 18.2 Å². The summed E-state index contributed by atoms with van der Waals surface area (Å²) in [5.74, 6) is -1.07. The van der Waals surface area contributed by atoms with Crippen molar-refractivity contribution >= 4 is 23.4 Å². The van der Waals surface area contributed by atoms with Crippen molar-refractivity contribution in [2.24, 2.45) is 0 Å². The van der Waals surface area contributed by atoms with Crippen LogP contribution in [0.25, 0.3) is 0 Å². The zero-order chi connectivity index (χ0) is 23.7. The predicted octanol–water partition coefficient (Wildman–Crippen LogP) is 1.58. The monoisotopic (exact) mass is 443 g/mol. The molecule has 0 aliphatic carbocycles. The van der Waals surface area contributed by atoms with Gasteiger partial charge < -0.3 is 20.4 Å². The zero-order valence-corrected chi connectivity index (χ0v) is 18.9. The van der Waals surface area contributed by atoms with Crippen LogP contribution < -0.4 is 10.6 Å². The minimum absolute atomic E-state index is 0.00860. The fourth-order valence-electron chi connectivity index (χ4n) is 4.61. The highest BCUT2D eigenvalue weighted by Crippen LogP contribution is 2.46. The molecule has 2 N–H and O–H groups in total. The highest BCUT2D eigenvalue weighted by molar-refractivity contribution is 6.07. The Morgan fingerprint density at radius 2 is 2.12 bits per heavy atom. The number of likely N-dealkylation sites (N-methyl/N-ethyl adjacent to an activating group) is 1. The third-order valence-corrected chi connectivity index (χ3v) is 6.33. The molecule has 1 fully saturated rings. The molecule has 1 aromatic carbocycles. The van der Waals surface area contributed by atoms with Gasteiger partial charge in [0.15, 0.2) is 0 Å². The summed E-state index contributed by atoms with van der Waals surface area (Å²) >= 11 is 0. The molecule has 172 valence electrons. The van der Waals surface area contributed by atoms with Gasteiger partial charge in [-0.15, -0.1) is 0 Å². The molecule has 1 spiro atoms. The van der Waals surface area contributed by atoms with Gasteiger partial charge in [-0.05, 0) is 32.5 Å². The lowest BCUT2D eigenvalue weighted by atomic mass is 9.80. The number of fused-ring (bicyclic) bond motifs is 2. The standard InChI is InChI=1S/C23H30FN5O3/c1-22(2,24)12-18(28(4)19(30)9-10-26-3)20(31)29-14-23(11-15(29)13-25)16-7-5-6-8-17(16)27-21(23)32/h5-8,15,18,26H,9-12,14H2,1-4H3,(H,27,32)/t15-,18-,23-/m0/s1. The Bertz CT molecular complexity index is 954. The Morgan fingerprint density at radius 3 is 2.75 bits per heavy atom. The second kappa shape index (κ2) is 8.87. The number of halogens is 1. The SMILES string of the molecule is CNCCC(=O)N(C)[C@@H](CC(C)(C)F)C(=O)N1C[C@]2(C[C@H]1C#N)C(=O)Nc1ccccc12. The van der Waals surface area contributed by atoms with Gasteiger partial charge in [0.25, 0.3) is 0 Å². The van der Waals surface area contributed by atoms with Crippen LogP contribution in [-0.4, -0.2) is 72.5 Å². The van der Waals surface area contributed by atoms with Crippen molar-refractivity contribution in [3.05, 3.63) is 29.8 Å². The van der Waals surface area contributed by atoms with E-state index in [-0.39, 0.29) is 37.6 Å². The number of hydrogen-bond donors (Lipinski definition) is 2. The van der Waals surface area contributed by atoms with Gasteiger partial charge in [-0.2, -0.15) is 5.26 Å². The molecule has 0 bridgehead atoms. The third-order valence-electron chi connectivity index (χ3n) is 6.33. The van der Waals surface area contributed by atoms with Crippen molar-refractivity contribution in [3.63, 3.8) is 0 Å². The third kappa shape index (κ3) is 4.32. The number of likely N-dealkylation sites (tertiary alicyclic amines) is 1. The molecule has 0 saturated carbocycles. The number of carbonyl (C=O) groups excluding carboxylic acids is 3. The van der Waals surface area contributed by atoms with Crippen LogP contribution >= 0.6 is 0 Å². The molecule has 1 saturated heterocycles. The van der Waals surface area contributed by atoms with Crippen LogP contribution in [-0.2, 0) is 19.8 Å². The van der Waals surface area contributed by atoms with Crippen LogP contribution in [0.4, 0.5) is 10.1 Å². The average Bonchev–Trinajstić information content (AvgIpc) is 3.27. The minimum Gasteiger partial charge on any atom is -0.334 e. The maximum atomic E-state index is 14.6. The molecule has 32 heavy (non-hydrogen) atoms. The number of nitrogens with one attached hydrogen (secondary N) is 2. The number of anilines is 1. The largest absolute Gasteiger partial charge is 0.334 e. The molecule has 0 aromatic heterocycles. The van der Waals surface area contributed by atoms with Gasteiger partial charge in [-0.3, -0.25) is 14.4 Å². The maximum absolute atomic E-state index is 14.6. The van der Waals surface area contributed by atoms with Crippen LogP contribution in [0.3, 0.4) is 0 Å². The number of alkyl halides is 1. The van der Waals surface area contributed by atoms with Crippen LogP contribution in [0.2, 0.25) is 0 Å². The van der Waals surface area contributed by atoms with Crippen molar-refractivity contribution < 1.29 is 18.8 Å². The van der Waals surface area contributed by atoms with Crippen molar-refractivity contribution in [2.75, 3.05) is 32.5 Å². The van der Waals surface area contributed by atoms with Crippen molar-refractivity contribution in [3.8, 4) is 6.07 Å². The molecular weight excluding hydrogens is 413 g/mol. The molecule has 2 heterocycles. The first-order valence-electron chi connectivity index (χ1n) is 10.7. The van der Waals surface area contributed by atoms with Crippen LogP contribution in [0, 0.1) is 11.3 Å². The minimum atomic E-state index is -1.71. The molecule has 2 aliphatic rings. The molecule has 8 nitrogen and oxygen atoms in total. The Kier molecular flexibility index (Phi) is 6.56. The van der Waals surface area contributed by atoms with E-state index in [1.54, 1.807) is 13.1 Å². The average molecular weight is 444 g/mol. The van der Waals surface area contributed by atoms with Gasteiger partial charge in [0, 0.05) is 45.1 Å². The summed E-state index contributed by atoms with van der Waals surface area (Å²) in [5.41, 5.74) is -1.32. The predicted molar refractivity (Wildman–Crippen MR) is 117 cm³/mol. The van der Waals surface area contributed by atoms with Gasteiger partial charge in [0.1, 0.15) is 17.8 Å². The summed E-state index contributed by atoms with van der Waals surface area (Å²) in [7, 11) is 3.20. The Hall–Kier alpha value is -2.99. The van der Waals surface area contributed by atoms with E-state index >= 15 is 0 Å². The van der Waals surface area contributed by atoms with Gasteiger partial charge in [-0.25, -0.2) is 4.39 Å². The summed E-state index contributed by atoms with van der Waals surface area (Å²) < 4.78 is 14.6. The molecule has 1 aromatic rings. The number of para-hydroxylation sites is 1. The van der Waals surface area contributed by atoms with E-state index in [0.717, 1.165) is 5.56 Å². The van der Waals surface area contributed by atoms with E-state index < -0.39 is 29.1 Å². The fourth-order valence-corrected chi connectivity index (χ4v) is 4.61. The van der Waals surface area contributed by atoms with Gasteiger partial charge in [0.2, 0.25) is 17.7 Å². The van der Waals surface area contributed by atoms with Crippen molar-refractivity contribution in [1.29, 1.82) is 5.26 Å². The number of benzene rings is 1. The number of nitrogens with zero attached hydrogens (tertiary/aromatic N) is 3. The summed E-state index contributed by atoms with van der Waals surface area (Å²) in [6, 6.07) is 7.44. The molecule has 3 rings (SSSR count). The molecule has 3 atom stereocenters. The van der Waals surface area contributed by atoms with E-state index in [0.29, 0.717) is 12.2 Å². The van der Waals surface area contributed by atoms with Crippen molar-refractivity contribution in [2.45, 2.75) is 56.3 Å². The lowest BCUT2D eigenvalue weighted by molar-refractivity contribution is -0.146.